The molecule has 1 unspecified atom stereocenters. The summed E-state index contributed by atoms with van der Waals surface area (Å²) >= 11 is 0. The van der Waals surface area contributed by atoms with E-state index in [1.54, 1.807) is 6.92 Å². The normalized spacial score (nSPS) is 12.4. The van der Waals surface area contributed by atoms with Gasteiger partial charge in [-0.1, -0.05) is 30.3 Å². The van der Waals surface area contributed by atoms with Crippen molar-refractivity contribution >= 4 is 5.78 Å². The molecule has 3 heteroatoms. The maximum atomic E-state index is 12.4. The Morgan fingerprint density at radius 1 is 1.26 bits per heavy atom. The summed E-state index contributed by atoms with van der Waals surface area (Å²) in [5, 5.41) is 9.51. The predicted molar refractivity (Wildman–Crippen MR) is 75.5 cm³/mol. The van der Waals surface area contributed by atoms with Gasteiger partial charge in [-0.15, -0.1) is 0 Å². The minimum absolute atomic E-state index is 0.0329. The fourth-order valence-corrected chi connectivity index (χ4v) is 2.32. The van der Waals surface area contributed by atoms with E-state index in [4.69, 9.17) is 0 Å². The lowest BCUT2D eigenvalue weighted by Gasteiger charge is -2.11. The predicted octanol–water partition coefficient (Wildman–Crippen LogP) is 2.72. The van der Waals surface area contributed by atoms with Crippen LogP contribution in [0.5, 0.6) is 0 Å². The summed E-state index contributed by atoms with van der Waals surface area (Å²) in [7, 11) is 0. The van der Waals surface area contributed by atoms with Gasteiger partial charge in [0.15, 0.2) is 5.78 Å². The van der Waals surface area contributed by atoms with Crippen LogP contribution in [0, 0.1) is 13.8 Å². The first-order valence-corrected chi connectivity index (χ1v) is 6.45. The quantitative estimate of drug-likeness (QED) is 0.856. The van der Waals surface area contributed by atoms with Crippen LogP contribution in [0.1, 0.15) is 34.2 Å². The molecule has 0 fully saturated rings. The van der Waals surface area contributed by atoms with Crippen molar-refractivity contribution in [3.05, 3.63) is 58.9 Å². The van der Waals surface area contributed by atoms with E-state index in [1.165, 1.54) is 0 Å². The Labute approximate surface area is 113 Å². The number of aliphatic hydroxyl groups is 1. The number of hydrogen-bond acceptors (Lipinski definition) is 2. The number of benzene rings is 1. The molecule has 0 radical (unpaired) electrons. The second kappa shape index (κ2) is 5.41. The van der Waals surface area contributed by atoms with Crippen LogP contribution in [-0.2, 0) is 6.54 Å². The van der Waals surface area contributed by atoms with Gasteiger partial charge in [-0.2, -0.15) is 0 Å². The van der Waals surface area contributed by atoms with Gasteiger partial charge in [0.05, 0.1) is 6.10 Å². The molecule has 1 atom stereocenters. The Hall–Kier alpha value is -1.87. The average molecular weight is 257 g/mol. The van der Waals surface area contributed by atoms with Crippen LogP contribution in [0.2, 0.25) is 0 Å². The lowest BCUT2D eigenvalue weighted by atomic mass is 10.0. The lowest BCUT2D eigenvalue weighted by Crippen LogP contribution is -2.14. The van der Waals surface area contributed by atoms with E-state index in [-0.39, 0.29) is 5.78 Å². The molecule has 0 amide bonds. The van der Waals surface area contributed by atoms with Crippen molar-refractivity contribution in [1.29, 1.82) is 0 Å². The van der Waals surface area contributed by atoms with Crippen molar-refractivity contribution < 1.29 is 9.90 Å². The van der Waals surface area contributed by atoms with E-state index in [0.717, 1.165) is 11.4 Å². The summed E-state index contributed by atoms with van der Waals surface area (Å²) in [5.41, 5.74) is 3.31. The highest BCUT2D eigenvalue weighted by atomic mass is 16.3. The molecular weight excluding hydrogens is 238 g/mol. The van der Waals surface area contributed by atoms with E-state index in [9.17, 15) is 9.90 Å². The molecule has 1 N–H and O–H groups in total. The number of nitrogens with zero attached hydrogens (tertiary/aromatic N) is 1. The van der Waals surface area contributed by atoms with Crippen LogP contribution in [0.25, 0.3) is 0 Å². The summed E-state index contributed by atoms with van der Waals surface area (Å²) in [5.74, 6) is 0.0329. The van der Waals surface area contributed by atoms with E-state index in [0.29, 0.717) is 17.7 Å². The van der Waals surface area contributed by atoms with Crippen LogP contribution in [-0.4, -0.2) is 21.6 Å². The molecule has 0 saturated heterocycles. The van der Waals surface area contributed by atoms with Gasteiger partial charge in [-0.25, -0.2) is 0 Å². The maximum Gasteiger partial charge on any atom is 0.194 e. The van der Waals surface area contributed by atoms with Crippen molar-refractivity contribution in [2.45, 2.75) is 33.4 Å². The molecule has 2 rings (SSSR count). The average Bonchev–Trinajstić information content (AvgIpc) is 2.66. The van der Waals surface area contributed by atoms with Crippen molar-refractivity contribution in [2.75, 3.05) is 0 Å². The molecule has 3 nitrogen and oxygen atoms in total. The van der Waals surface area contributed by atoms with Crippen molar-refractivity contribution in [2.24, 2.45) is 0 Å². The maximum absolute atomic E-state index is 12.4. The zero-order valence-electron chi connectivity index (χ0n) is 11.6. The third-order valence-corrected chi connectivity index (χ3v) is 3.30. The molecule has 2 aromatic rings. The summed E-state index contributed by atoms with van der Waals surface area (Å²) < 4.78 is 1.99. The number of carbonyl (C=O) groups is 1. The third kappa shape index (κ3) is 2.76. The molecule has 0 aliphatic carbocycles. The van der Waals surface area contributed by atoms with E-state index < -0.39 is 6.10 Å². The SMILES string of the molecule is Cc1cc(C(=O)c2ccccc2)c(C)n1CC(C)O. The van der Waals surface area contributed by atoms with Gasteiger partial charge in [-0.05, 0) is 26.8 Å². The highest BCUT2D eigenvalue weighted by Gasteiger charge is 2.17. The summed E-state index contributed by atoms with van der Waals surface area (Å²) in [6.07, 6.45) is -0.426. The van der Waals surface area contributed by atoms with E-state index >= 15 is 0 Å². The smallest absolute Gasteiger partial charge is 0.194 e. The first-order valence-electron chi connectivity index (χ1n) is 6.45. The number of carbonyl (C=O) groups excluding carboxylic acids is 1. The monoisotopic (exact) mass is 257 g/mol. The van der Waals surface area contributed by atoms with Crippen LogP contribution >= 0.6 is 0 Å². The van der Waals surface area contributed by atoms with Gasteiger partial charge in [0.2, 0.25) is 0 Å². The second-order valence-corrected chi connectivity index (χ2v) is 4.94. The number of ketones is 1. The molecule has 1 aromatic carbocycles. The molecular formula is C16H19NO2. The Balaban J connectivity index is 2.39. The fourth-order valence-electron chi connectivity index (χ4n) is 2.32. The van der Waals surface area contributed by atoms with Crippen molar-refractivity contribution in [3.63, 3.8) is 0 Å². The Morgan fingerprint density at radius 2 is 1.89 bits per heavy atom. The molecule has 0 spiro atoms. The molecule has 19 heavy (non-hydrogen) atoms. The minimum atomic E-state index is -0.426. The van der Waals surface area contributed by atoms with Crippen molar-refractivity contribution in [1.82, 2.24) is 4.57 Å². The van der Waals surface area contributed by atoms with Gasteiger partial charge in [0.1, 0.15) is 0 Å². The van der Waals surface area contributed by atoms with E-state index in [1.807, 2.05) is 54.8 Å². The third-order valence-electron chi connectivity index (χ3n) is 3.30. The first-order chi connectivity index (χ1) is 9.00. The van der Waals surface area contributed by atoms with E-state index in [2.05, 4.69) is 0 Å². The Morgan fingerprint density at radius 3 is 2.47 bits per heavy atom. The van der Waals surface area contributed by atoms with Crippen LogP contribution < -0.4 is 0 Å². The molecule has 1 aromatic heterocycles. The highest BCUT2D eigenvalue weighted by molar-refractivity contribution is 6.09. The Bertz CT molecular complexity index is 582. The van der Waals surface area contributed by atoms with Gasteiger partial charge in [0, 0.05) is 29.1 Å². The standard InChI is InChI=1S/C16H19NO2/c1-11-9-15(13(3)17(11)10-12(2)18)16(19)14-7-5-4-6-8-14/h4-9,12,18H,10H2,1-3H3. The molecule has 0 aliphatic rings. The van der Waals surface area contributed by atoms with Gasteiger partial charge >= 0.3 is 0 Å². The first kappa shape index (κ1) is 13.6. The summed E-state index contributed by atoms with van der Waals surface area (Å²) in [6.45, 7) is 6.14. The zero-order valence-corrected chi connectivity index (χ0v) is 11.6. The summed E-state index contributed by atoms with van der Waals surface area (Å²) in [4.78, 5) is 12.4. The largest absolute Gasteiger partial charge is 0.392 e. The van der Waals surface area contributed by atoms with Gasteiger partial charge in [0.25, 0.3) is 0 Å². The molecule has 100 valence electrons. The lowest BCUT2D eigenvalue weighted by molar-refractivity contribution is 0.103. The second-order valence-electron chi connectivity index (χ2n) is 4.94. The number of hydrogen-bond donors (Lipinski definition) is 1. The Kier molecular flexibility index (Phi) is 3.86. The molecule has 0 bridgehead atoms. The molecule has 0 saturated carbocycles. The molecule has 0 aliphatic heterocycles. The number of rotatable bonds is 4. The minimum Gasteiger partial charge on any atom is -0.392 e. The highest BCUT2D eigenvalue weighted by Crippen LogP contribution is 2.19. The fraction of sp³-hybridized carbons (Fsp3) is 0.312. The van der Waals surface area contributed by atoms with Gasteiger partial charge in [-0.3, -0.25) is 4.79 Å². The van der Waals surface area contributed by atoms with Crippen LogP contribution in [0.4, 0.5) is 0 Å². The number of aliphatic hydroxyl groups excluding tert-OH is 1. The summed E-state index contributed by atoms with van der Waals surface area (Å²) in [6, 6.07) is 11.2. The molecule has 1 heterocycles. The van der Waals surface area contributed by atoms with Crippen LogP contribution in [0.15, 0.2) is 36.4 Å². The zero-order chi connectivity index (χ0) is 14.0. The van der Waals surface area contributed by atoms with Crippen LogP contribution in [0.3, 0.4) is 0 Å². The van der Waals surface area contributed by atoms with Gasteiger partial charge < -0.3 is 9.67 Å². The van der Waals surface area contributed by atoms with Crippen molar-refractivity contribution in [3.8, 4) is 0 Å². The topological polar surface area (TPSA) is 42.2 Å². The number of aryl methyl sites for hydroxylation is 1. The number of aromatic nitrogens is 1.